The van der Waals surface area contributed by atoms with Crippen LogP contribution in [0.4, 0.5) is 14.9 Å². The fraction of sp³-hybridized carbons (Fsp3) is 0.417. The number of benzene rings is 1. The van der Waals surface area contributed by atoms with E-state index in [1.54, 1.807) is 17.0 Å². The molecule has 0 aliphatic carbocycles. The van der Waals surface area contributed by atoms with Gasteiger partial charge in [-0.1, -0.05) is 0 Å². The molecule has 0 bridgehead atoms. The van der Waals surface area contributed by atoms with Crippen LogP contribution in [0.15, 0.2) is 22.7 Å². The van der Waals surface area contributed by atoms with E-state index in [0.717, 1.165) is 6.54 Å². The second-order valence-electron chi connectivity index (χ2n) is 4.36. The number of piperazine rings is 1. The second-order valence-corrected chi connectivity index (χ2v) is 5.21. The van der Waals surface area contributed by atoms with Crippen molar-refractivity contribution in [3.8, 4) is 0 Å². The van der Waals surface area contributed by atoms with E-state index in [4.69, 9.17) is 0 Å². The Bertz CT molecular complexity index is 461. The summed E-state index contributed by atoms with van der Waals surface area (Å²) in [5.74, 6) is -0.388. The number of carbonyl (C=O) groups is 1. The molecule has 2 N–H and O–H groups in total. The molecule has 2 amide bonds. The van der Waals surface area contributed by atoms with Gasteiger partial charge in [0.1, 0.15) is 5.82 Å². The molecular formula is C12H16BrClFN3O. The Morgan fingerprint density at radius 3 is 2.95 bits per heavy atom. The lowest BCUT2D eigenvalue weighted by atomic mass is 10.2. The first-order chi connectivity index (χ1) is 8.56. The van der Waals surface area contributed by atoms with Crippen LogP contribution in [0.5, 0.6) is 0 Å². The average molecular weight is 353 g/mol. The second kappa shape index (κ2) is 7.07. The predicted molar refractivity (Wildman–Crippen MR) is 79.4 cm³/mol. The molecule has 4 nitrogen and oxygen atoms in total. The molecular weight excluding hydrogens is 337 g/mol. The maximum Gasteiger partial charge on any atom is 0.321 e. The number of hydrogen-bond acceptors (Lipinski definition) is 2. The first-order valence-electron chi connectivity index (χ1n) is 5.80. The number of nitrogens with one attached hydrogen (secondary N) is 2. The highest BCUT2D eigenvalue weighted by atomic mass is 79.9. The van der Waals surface area contributed by atoms with Gasteiger partial charge in [-0.15, -0.1) is 12.4 Å². The van der Waals surface area contributed by atoms with Crippen molar-refractivity contribution in [2.45, 2.75) is 13.0 Å². The molecule has 0 radical (unpaired) electrons. The normalized spacial score (nSPS) is 18.7. The highest BCUT2D eigenvalue weighted by molar-refractivity contribution is 9.10. The van der Waals surface area contributed by atoms with Crippen molar-refractivity contribution < 1.29 is 9.18 Å². The number of rotatable bonds is 1. The highest BCUT2D eigenvalue weighted by Gasteiger charge is 2.20. The van der Waals surface area contributed by atoms with Crippen LogP contribution in [0.2, 0.25) is 0 Å². The Morgan fingerprint density at radius 1 is 1.58 bits per heavy atom. The smallest absolute Gasteiger partial charge is 0.321 e. The molecule has 0 aromatic heterocycles. The SMILES string of the molecule is CC1CN(C(=O)Nc2ccc(Br)c(F)c2)CCN1.Cl. The third-order valence-corrected chi connectivity index (χ3v) is 3.47. The molecule has 106 valence electrons. The van der Waals surface area contributed by atoms with Gasteiger partial charge in [-0.3, -0.25) is 0 Å². The Morgan fingerprint density at radius 2 is 2.32 bits per heavy atom. The first kappa shape index (κ1) is 16.2. The van der Waals surface area contributed by atoms with Gasteiger partial charge in [0.2, 0.25) is 0 Å². The summed E-state index contributed by atoms with van der Waals surface area (Å²) in [6.45, 7) is 4.13. The maximum atomic E-state index is 13.3. The summed E-state index contributed by atoms with van der Waals surface area (Å²) in [7, 11) is 0. The molecule has 7 heteroatoms. The van der Waals surface area contributed by atoms with Gasteiger partial charge in [0, 0.05) is 31.4 Å². The Kier molecular flexibility index (Phi) is 6.03. The Labute approximate surface area is 126 Å². The van der Waals surface area contributed by atoms with Crippen molar-refractivity contribution in [2.75, 3.05) is 25.0 Å². The standard InChI is InChI=1S/C12H15BrFN3O.ClH/c1-8-7-17(5-4-15-8)12(18)16-9-2-3-10(13)11(14)6-9;/h2-3,6,8,15H,4-5,7H2,1H3,(H,16,18);1H. The minimum absolute atomic E-state index is 0. The molecule has 1 aromatic carbocycles. The number of amides is 2. The van der Waals surface area contributed by atoms with Gasteiger partial charge in [-0.25, -0.2) is 9.18 Å². The lowest BCUT2D eigenvalue weighted by Gasteiger charge is -2.31. The third kappa shape index (κ3) is 4.33. The predicted octanol–water partition coefficient (Wildman–Crippen LogP) is 2.84. The molecule has 1 saturated heterocycles. The summed E-state index contributed by atoms with van der Waals surface area (Å²) in [4.78, 5) is 13.7. The zero-order valence-corrected chi connectivity index (χ0v) is 12.9. The summed E-state index contributed by atoms with van der Waals surface area (Å²) in [6.07, 6.45) is 0. The van der Waals surface area contributed by atoms with Crippen LogP contribution in [-0.4, -0.2) is 36.6 Å². The van der Waals surface area contributed by atoms with E-state index in [2.05, 4.69) is 26.6 Å². The topological polar surface area (TPSA) is 44.4 Å². The molecule has 1 atom stereocenters. The van der Waals surface area contributed by atoms with Crippen LogP contribution in [-0.2, 0) is 0 Å². The van der Waals surface area contributed by atoms with E-state index in [1.165, 1.54) is 6.07 Å². The van der Waals surface area contributed by atoms with E-state index >= 15 is 0 Å². The van der Waals surface area contributed by atoms with Crippen molar-refractivity contribution in [3.63, 3.8) is 0 Å². The number of hydrogen-bond donors (Lipinski definition) is 2. The molecule has 19 heavy (non-hydrogen) atoms. The van der Waals surface area contributed by atoms with Gasteiger partial charge in [0.15, 0.2) is 0 Å². The summed E-state index contributed by atoms with van der Waals surface area (Å²) in [6, 6.07) is 4.63. The fourth-order valence-corrected chi connectivity index (χ4v) is 2.14. The van der Waals surface area contributed by atoms with Crippen molar-refractivity contribution in [1.29, 1.82) is 0 Å². The molecule has 1 fully saturated rings. The summed E-state index contributed by atoms with van der Waals surface area (Å²) in [5.41, 5.74) is 0.465. The van der Waals surface area contributed by atoms with E-state index < -0.39 is 0 Å². The van der Waals surface area contributed by atoms with Crippen molar-refractivity contribution in [1.82, 2.24) is 10.2 Å². The van der Waals surface area contributed by atoms with Gasteiger partial charge in [0.25, 0.3) is 0 Å². The van der Waals surface area contributed by atoms with E-state index in [0.29, 0.717) is 23.2 Å². The lowest BCUT2D eigenvalue weighted by Crippen LogP contribution is -2.52. The van der Waals surface area contributed by atoms with Gasteiger partial charge in [-0.2, -0.15) is 0 Å². The largest absolute Gasteiger partial charge is 0.322 e. The van der Waals surface area contributed by atoms with Crippen LogP contribution in [0.25, 0.3) is 0 Å². The molecule has 1 aliphatic rings. The van der Waals surface area contributed by atoms with Crippen LogP contribution in [0.3, 0.4) is 0 Å². The molecule has 2 rings (SSSR count). The zero-order chi connectivity index (χ0) is 13.1. The van der Waals surface area contributed by atoms with Crippen LogP contribution in [0, 0.1) is 5.82 Å². The monoisotopic (exact) mass is 351 g/mol. The molecule has 0 saturated carbocycles. The van der Waals surface area contributed by atoms with Gasteiger partial charge < -0.3 is 15.5 Å². The number of carbonyl (C=O) groups excluding carboxylic acids is 1. The molecule has 1 heterocycles. The van der Waals surface area contributed by atoms with Crippen LogP contribution >= 0.6 is 28.3 Å². The lowest BCUT2D eigenvalue weighted by molar-refractivity contribution is 0.192. The maximum absolute atomic E-state index is 13.3. The number of halogens is 3. The summed E-state index contributed by atoms with van der Waals surface area (Å²) < 4.78 is 13.7. The van der Waals surface area contributed by atoms with E-state index in [9.17, 15) is 9.18 Å². The quantitative estimate of drug-likeness (QED) is 0.816. The van der Waals surface area contributed by atoms with Gasteiger partial charge in [0.05, 0.1) is 4.47 Å². The highest BCUT2D eigenvalue weighted by Crippen LogP contribution is 2.19. The van der Waals surface area contributed by atoms with Crippen molar-refractivity contribution in [3.05, 3.63) is 28.5 Å². The number of anilines is 1. The molecule has 1 aliphatic heterocycles. The van der Waals surface area contributed by atoms with Gasteiger partial charge in [-0.05, 0) is 41.1 Å². The van der Waals surface area contributed by atoms with E-state index in [-0.39, 0.29) is 30.3 Å². The molecule has 1 aromatic rings. The van der Waals surface area contributed by atoms with Crippen LogP contribution < -0.4 is 10.6 Å². The average Bonchev–Trinajstić information content (AvgIpc) is 2.34. The minimum atomic E-state index is -0.388. The summed E-state index contributed by atoms with van der Waals surface area (Å²) >= 11 is 3.07. The first-order valence-corrected chi connectivity index (χ1v) is 6.60. The zero-order valence-electron chi connectivity index (χ0n) is 10.5. The fourth-order valence-electron chi connectivity index (χ4n) is 1.89. The third-order valence-electron chi connectivity index (χ3n) is 2.83. The Balaban J connectivity index is 0.00000180. The van der Waals surface area contributed by atoms with Crippen molar-refractivity contribution >= 4 is 40.1 Å². The number of urea groups is 1. The summed E-state index contributed by atoms with van der Waals surface area (Å²) in [5, 5.41) is 5.96. The number of nitrogens with zero attached hydrogens (tertiary/aromatic N) is 1. The molecule has 1 unspecified atom stereocenters. The Hall–Kier alpha value is -0.850. The van der Waals surface area contributed by atoms with E-state index in [1.807, 2.05) is 6.92 Å². The molecule has 0 spiro atoms. The van der Waals surface area contributed by atoms with Crippen LogP contribution in [0.1, 0.15) is 6.92 Å². The van der Waals surface area contributed by atoms with Gasteiger partial charge >= 0.3 is 6.03 Å². The minimum Gasteiger partial charge on any atom is -0.322 e. The van der Waals surface area contributed by atoms with Crippen molar-refractivity contribution in [2.24, 2.45) is 0 Å².